The van der Waals surface area contributed by atoms with Crippen LogP contribution in [0, 0.1) is 0 Å². The Morgan fingerprint density at radius 2 is 1.57 bits per heavy atom. The molecule has 0 radical (unpaired) electrons. The Hall–Kier alpha value is -4.66. The molecule has 0 fully saturated rings. The van der Waals surface area contributed by atoms with Crippen molar-refractivity contribution in [2.24, 2.45) is 7.05 Å². The maximum atomic E-state index is 12.9. The van der Waals surface area contributed by atoms with E-state index < -0.39 is 36.3 Å². The van der Waals surface area contributed by atoms with Gasteiger partial charge in [-0.2, -0.15) is 4.57 Å². The van der Waals surface area contributed by atoms with Crippen LogP contribution >= 0.6 is 11.8 Å². The van der Waals surface area contributed by atoms with Crippen LogP contribution in [0.2, 0.25) is 0 Å². The smallest absolute Gasteiger partial charge is 0.373 e. The molecular formula is C32H44N5O9S+. The van der Waals surface area contributed by atoms with Crippen LogP contribution in [0.25, 0.3) is 0 Å². The minimum atomic E-state index is -1.24. The van der Waals surface area contributed by atoms with Crippen molar-refractivity contribution >= 4 is 47.3 Å². The van der Waals surface area contributed by atoms with Gasteiger partial charge in [-0.05, 0) is 43.2 Å². The number of likely N-dealkylation sites (N-methyl/N-ethyl adjacent to an activating group) is 2. The number of nitrogens with zero attached hydrogens (tertiary/aromatic N) is 3. The first-order valence-electron chi connectivity index (χ1n) is 15.2. The number of nitrogens with one attached hydrogen (secondary N) is 2. The summed E-state index contributed by atoms with van der Waals surface area (Å²) in [5.74, 6) is -2.64. The van der Waals surface area contributed by atoms with Gasteiger partial charge in [0.25, 0.3) is 5.91 Å². The number of thioether (sulfide) groups is 1. The van der Waals surface area contributed by atoms with Crippen molar-refractivity contribution in [2.75, 3.05) is 39.5 Å². The molecule has 0 saturated heterocycles. The standard InChI is InChI=1S/C32H43N5O9S/c1-5-6-10-26(39)35(2)18-19-36(3)32(45)22-14-16-23(17-15-22)46-27-11-8-12-28(37(27)4)47-21-24(31(44)33-20-30(42)43)34-25(38)9-7-13-29(40)41/h8,11-12,14-17,24H,5-7,9-10,13,18-21H2,1-4H3,(H3-,33,34,38,40,41,42,43,44)/p+1. The predicted molar refractivity (Wildman–Crippen MR) is 173 cm³/mol. The van der Waals surface area contributed by atoms with Gasteiger partial charge in [0.1, 0.15) is 25.4 Å². The normalized spacial score (nSPS) is 11.2. The number of carbonyl (C=O) groups excluding carboxylic acids is 4. The van der Waals surface area contributed by atoms with E-state index in [0.29, 0.717) is 41.7 Å². The summed E-state index contributed by atoms with van der Waals surface area (Å²) < 4.78 is 7.78. The van der Waals surface area contributed by atoms with Gasteiger partial charge in [0.2, 0.25) is 22.7 Å². The lowest BCUT2D eigenvalue weighted by molar-refractivity contribution is -0.712. The topological polar surface area (TPSA) is 187 Å². The average Bonchev–Trinajstić information content (AvgIpc) is 3.04. The molecule has 0 aliphatic heterocycles. The Kier molecular flexibility index (Phi) is 16.2. The SMILES string of the molecule is CCCCC(=O)N(C)CCN(C)C(=O)c1ccc(Oc2cccc(SCC(NC(=O)CCCC(=O)O)C(=O)NCC(=O)O)[n+]2C)cc1. The van der Waals surface area contributed by atoms with Crippen LogP contribution in [0.3, 0.4) is 0 Å². The number of aromatic nitrogens is 1. The van der Waals surface area contributed by atoms with Crippen LogP contribution in [0.1, 0.15) is 55.8 Å². The largest absolute Gasteiger partial charge is 0.481 e. The molecule has 0 bridgehead atoms. The number of aliphatic carboxylic acids is 2. The number of hydrogen-bond donors (Lipinski definition) is 4. The first-order valence-corrected chi connectivity index (χ1v) is 16.2. The molecule has 0 aliphatic carbocycles. The molecule has 47 heavy (non-hydrogen) atoms. The summed E-state index contributed by atoms with van der Waals surface area (Å²) in [6, 6.07) is 10.8. The molecule has 1 unspecified atom stereocenters. The summed E-state index contributed by atoms with van der Waals surface area (Å²) in [4.78, 5) is 75.0. The number of rotatable bonds is 20. The molecule has 0 aliphatic rings. The third-order valence-corrected chi connectivity index (χ3v) is 8.21. The van der Waals surface area contributed by atoms with Gasteiger partial charge in [0.15, 0.2) is 0 Å². The number of carboxylic acid groups (broad SMARTS) is 2. The first kappa shape index (κ1) is 38.5. The van der Waals surface area contributed by atoms with Crippen molar-refractivity contribution in [2.45, 2.75) is 56.5 Å². The van der Waals surface area contributed by atoms with Gasteiger partial charge in [-0.1, -0.05) is 25.1 Å². The van der Waals surface area contributed by atoms with Gasteiger partial charge in [-0.15, -0.1) is 0 Å². The van der Waals surface area contributed by atoms with Crippen molar-refractivity contribution < 1.29 is 48.3 Å². The zero-order valence-corrected chi connectivity index (χ0v) is 28.0. The van der Waals surface area contributed by atoms with Crippen LogP contribution in [0.15, 0.2) is 47.5 Å². The molecule has 4 N–H and O–H groups in total. The van der Waals surface area contributed by atoms with Crippen molar-refractivity contribution in [3.63, 3.8) is 0 Å². The van der Waals surface area contributed by atoms with E-state index in [9.17, 15) is 28.8 Å². The highest BCUT2D eigenvalue weighted by Gasteiger charge is 2.24. The molecule has 1 aromatic carbocycles. The van der Waals surface area contributed by atoms with Crippen LogP contribution in [0.5, 0.6) is 11.6 Å². The van der Waals surface area contributed by atoms with E-state index in [-0.39, 0.29) is 36.8 Å². The number of pyridine rings is 1. The van der Waals surface area contributed by atoms with E-state index in [0.717, 1.165) is 12.8 Å². The molecule has 0 saturated carbocycles. The molecule has 256 valence electrons. The Balaban J connectivity index is 2.03. The zero-order valence-electron chi connectivity index (χ0n) is 27.2. The minimum Gasteiger partial charge on any atom is -0.481 e. The maximum Gasteiger partial charge on any atom is 0.373 e. The number of carbonyl (C=O) groups is 6. The Morgan fingerprint density at radius 3 is 2.21 bits per heavy atom. The fourth-order valence-corrected chi connectivity index (χ4v) is 5.18. The molecule has 2 aromatic rings. The molecule has 1 aromatic heterocycles. The van der Waals surface area contributed by atoms with E-state index in [4.69, 9.17) is 14.9 Å². The van der Waals surface area contributed by atoms with Gasteiger partial charge in [-0.25, -0.2) is 0 Å². The summed E-state index contributed by atoms with van der Waals surface area (Å²) in [6.45, 7) is 2.23. The maximum absolute atomic E-state index is 12.9. The van der Waals surface area contributed by atoms with Crippen molar-refractivity contribution in [1.29, 1.82) is 0 Å². The molecule has 0 spiro atoms. The fraction of sp³-hybridized carbons (Fsp3) is 0.469. The van der Waals surface area contributed by atoms with Crippen LogP contribution in [-0.2, 0) is 31.0 Å². The van der Waals surface area contributed by atoms with Gasteiger partial charge < -0.3 is 35.4 Å². The van der Waals surface area contributed by atoms with E-state index in [1.807, 2.05) is 6.92 Å². The second-order valence-corrected chi connectivity index (χ2v) is 11.9. The third-order valence-electron chi connectivity index (χ3n) is 7.01. The highest BCUT2D eigenvalue weighted by atomic mass is 32.2. The number of unbranched alkanes of at least 4 members (excludes halogenated alkanes) is 1. The summed E-state index contributed by atoms with van der Waals surface area (Å²) >= 11 is 1.23. The Bertz CT molecular complexity index is 1400. The van der Waals surface area contributed by atoms with Gasteiger partial charge in [0.05, 0.1) is 6.07 Å². The number of carboxylic acids is 2. The summed E-state index contributed by atoms with van der Waals surface area (Å²) in [7, 11) is 5.17. The highest BCUT2D eigenvalue weighted by Crippen LogP contribution is 2.23. The number of ether oxygens (including phenoxy) is 1. The zero-order chi connectivity index (χ0) is 34.9. The summed E-state index contributed by atoms with van der Waals surface area (Å²) in [5.41, 5.74) is 0.464. The second kappa shape index (κ2) is 19.8. The lowest BCUT2D eigenvalue weighted by Gasteiger charge is -2.22. The molecule has 1 atom stereocenters. The monoisotopic (exact) mass is 674 g/mol. The van der Waals surface area contributed by atoms with E-state index in [1.165, 1.54) is 11.8 Å². The predicted octanol–water partition coefficient (Wildman–Crippen LogP) is 2.06. The van der Waals surface area contributed by atoms with Crippen LogP contribution in [0.4, 0.5) is 0 Å². The molecule has 1 heterocycles. The molecular weight excluding hydrogens is 630 g/mol. The number of hydrogen-bond acceptors (Lipinski definition) is 8. The Labute approximate surface area is 278 Å². The fourth-order valence-electron chi connectivity index (χ4n) is 4.15. The van der Waals surface area contributed by atoms with Gasteiger partial charge in [0, 0.05) is 63.8 Å². The number of benzene rings is 1. The van der Waals surface area contributed by atoms with Crippen LogP contribution in [-0.4, -0.2) is 101 Å². The lowest BCUT2D eigenvalue weighted by atomic mass is 10.2. The molecule has 4 amide bonds. The highest BCUT2D eigenvalue weighted by molar-refractivity contribution is 7.99. The lowest BCUT2D eigenvalue weighted by Crippen LogP contribution is -2.49. The first-order chi connectivity index (χ1) is 22.3. The average molecular weight is 675 g/mol. The van der Waals surface area contributed by atoms with E-state index in [2.05, 4.69) is 10.6 Å². The second-order valence-electron chi connectivity index (χ2n) is 10.8. The van der Waals surface area contributed by atoms with E-state index in [1.54, 1.807) is 78.0 Å². The van der Waals surface area contributed by atoms with Crippen molar-refractivity contribution in [3.05, 3.63) is 48.0 Å². The molecule has 2 rings (SSSR count). The van der Waals surface area contributed by atoms with Crippen molar-refractivity contribution in [3.8, 4) is 11.6 Å². The molecule has 14 nitrogen and oxygen atoms in total. The van der Waals surface area contributed by atoms with Gasteiger partial charge >= 0.3 is 17.8 Å². The quantitative estimate of drug-likeness (QED) is 0.120. The van der Waals surface area contributed by atoms with Gasteiger partial charge in [-0.3, -0.25) is 28.8 Å². The third kappa shape index (κ3) is 13.7. The number of amides is 4. The van der Waals surface area contributed by atoms with Crippen molar-refractivity contribution in [1.82, 2.24) is 20.4 Å². The summed E-state index contributed by atoms with van der Waals surface area (Å²) in [6.07, 6.45) is 2.07. The van der Waals surface area contributed by atoms with Crippen LogP contribution < -0.4 is 19.9 Å². The molecule has 15 heteroatoms. The minimum absolute atomic E-state index is 0.0560. The summed E-state index contributed by atoms with van der Waals surface area (Å²) in [5, 5.41) is 23.2. The van der Waals surface area contributed by atoms with E-state index >= 15 is 0 Å². The Morgan fingerprint density at radius 1 is 0.894 bits per heavy atom.